The number of carbonyl (C=O) groups is 2. The summed E-state index contributed by atoms with van der Waals surface area (Å²) in [5.41, 5.74) is 2.43. The van der Waals surface area contributed by atoms with E-state index in [0.717, 1.165) is 42.9 Å². The number of aryl methyl sites for hydroxylation is 1. The van der Waals surface area contributed by atoms with Crippen LogP contribution < -0.4 is 16.0 Å². The topological polar surface area (TPSA) is 70.2 Å². The predicted molar refractivity (Wildman–Crippen MR) is 84.3 cm³/mol. The van der Waals surface area contributed by atoms with Gasteiger partial charge in [-0.25, -0.2) is 0 Å². The summed E-state index contributed by atoms with van der Waals surface area (Å²) in [6.07, 6.45) is 2.77. The second-order valence-electron chi connectivity index (χ2n) is 5.68. The van der Waals surface area contributed by atoms with Crippen molar-refractivity contribution in [3.63, 3.8) is 0 Å². The van der Waals surface area contributed by atoms with Gasteiger partial charge in [-0.15, -0.1) is 0 Å². The van der Waals surface area contributed by atoms with Gasteiger partial charge in [0, 0.05) is 24.7 Å². The molecule has 1 aliphatic heterocycles. The molecule has 0 aliphatic carbocycles. The average molecular weight is 289 g/mol. The molecule has 0 saturated carbocycles. The van der Waals surface area contributed by atoms with Gasteiger partial charge in [0.1, 0.15) is 0 Å². The molecule has 5 nitrogen and oxygen atoms in total. The molecule has 2 amide bonds. The van der Waals surface area contributed by atoms with Gasteiger partial charge in [0.15, 0.2) is 0 Å². The molecule has 0 bridgehead atoms. The fourth-order valence-electron chi connectivity index (χ4n) is 2.60. The van der Waals surface area contributed by atoms with Crippen LogP contribution in [0.25, 0.3) is 0 Å². The Morgan fingerprint density at radius 1 is 1.33 bits per heavy atom. The number of hydrogen-bond acceptors (Lipinski definition) is 3. The van der Waals surface area contributed by atoms with Crippen LogP contribution in [0.3, 0.4) is 0 Å². The Balaban J connectivity index is 1.95. The summed E-state index contributed by atoms with van der Waals surface area (Å²) < 4.78 is 0. The van der Waals surface area contributed by atoms with Crippen molar-refractivity contribution in [2.75, 3.05) is 23.7 Å². The van der Waals surface area contributed by atoms with Crippen LogP contribution in [0.4, 0.5) is 11.4 Å². The van der Waals surface area contributed by atoms with E-state index in [1.807, 2.05) is 19.1 Å². The SMILES string of the molecule is CC(=O)Nc1cc(NC(=O)CC2CCCNC2)ccc1C. The standard InChI is InChI=1S/C16H23N3O2/c1-11-5-6-14(9-15(11)18-12(2)20)19-16(21)8-13-4-3-7-17-10-13/h5-6,9,13,17H,3-4,7-8,10H2,1-2H3,(H,18,20)(H,19,21). The lowest BCUT2D eigenvalue weighted by molar-refractivity contribution is -0.117. The van der Waals surface area contributed by atoms with Crippen molar-refractivity contribution in [1.82, 2.24) is 5.32 Å². The first-order valence-corrected chi connectivity index (χ1v) is 7.43. The highest BCUT2D eigenvalue weighted by atomic mass is 16.2. The summed E-state index contributed by atoms with van der Waals surface area (Å²) in [5.74, 6) is 0.329. The van der Waals surface area contributed by atoms with E-state index in [2.05, 4.69) is 16.0 Å². The molecule has 5 heteroatoms. The number of piperidine rings is 1. The van der Waals surface area contributed by atoms with Gasteiger partial charge in [-0.2, -0.15) is 0 Å². The highest BCUT2D eigenvalue weighted by Crippen LogP contribution is 2.21. The maximum atomic E-state index is 12.1. The summed E-state index contributed by atoms with van der Waals surface area (Å²) in [6.45, 7) is 5.36. The lowest BCUT2D eigenvalue weighted by Gasteiger charge is -2.22. The van der Waals surface area contributed by atoms with Crippen molar-refractivity contribution in [3.05, 3.63) is 23.8 Å². The Morgan fingerprint density at radius 3 is 2.81 bits per heavy atom. The molecule has 1 aliphatic rings. The van der Waals surface area contributed by atoms with E-state index in [-0.39, 0.29) is 11.8 Å². The van der Waals surface area contributed by atoms with Crippen LogP contribution in [0, 0.1) is 12.8 Å². The largest absolute Gasteiger partial charge is 0.326 e. The number of hydrogen-bond donors (Lipinski definition) is 3. The van der Waals surface area contributed by atoms with Crippen molar-refractivity contribution in [1.29, 1.82) is 0 Å². The molecular weight excluding hydrogens is 266 g/mol. The van der Waals surface area contributed by atoms with Crippen LogP contribution in [-0.2, 0) is 9.59 Å². The summed E-state index contributed by atoms with van der Waals surface area (Å²) >= 11 is 0. The highest BCUT2D eigenvalue weighted by molar-refractivity contribution is 5.94. The first-order chi connectivity index (χ1) is 10.0. The van der Waals surface area contributed by atoms with Gasteiger partial charge in [-0.1, -0.05) is 6.07 Å². The molecule has 114 valence electrons. The van der Waals surface area contributed by atoms with E-state index >= 15 is 0 Å². The Morgan fingerprint density at radius 2 is 2.14 bits per heavy atom. The Labute approximate surface area is 125 Å². The van der Waals surface area contributed by atoms with Gasteiger partial charge in [-0.3, -0.25) is 9.59 Å². The minimum Gasteiger partial charge on any atom is -0.326 e. The number of nitrogens with one attached hydrogen (secondary N) is 3. The molecule has 0 aromatic heterocycles. The lowest BCUT2D eigenvalue weighted by atomic mass is 9.96. The van der Waals surface area contributed by atoms with E-state index in [9.17, 15) is 9.59 Å². The van der Waals surface area contributed by atoms with E-state index in [4.69, 9.17) is 0 Å². The van der Waals surface area contributed by atoms with Crippen LogP contribution in [0.2, 0.25) is 0 Å². The minimum atomic E-state index is -0.116. The van der Waals surface area contributed by atoms with Crippen LogP contribution >= 0.6 is 0 Å². The third-order valence-corrected chi connectivity index (χ3v) is 3.71. The van der Waals surface area contributed by atoms with Gasteiger partial charge in [-0.05, 0) is 56.5 Å². The quantitative estimate of drug-likeness (QED) is 0.796. The fraction of sp³-hybridized carbons (Fsp3) is 0.500. The molecule has 21 heavy (non-hydrogen) atoms. The molecule has 2 rings (SSSR count). The van der Waals surface area contributed by atoms with Crippen LogP contribution in [0.15, 0.2) is 18.2 Å². The Bertz CT molecular complexity index is 522. The minimum absolute atomic E-state index is 0.0290. The molecule has 0 radical (unpaired) electrons. The van der Waals surface area contributed by atoms with E-state index in [1.54, 1.807) is 6.07 Å². The van der Waals surface area contributed by atoms with Crippen LogP contribution in [0.1, 0.15) is 31.7 Å². The third-order valence-electron chi connectivity index (χ3n) is 3.71. The number of amides is 2. The Hall–Kier alpha value is -1.88. The van der Waals surface area contributed by atoms with E-state index < -0.39 is 0 Å². The number of benzene rings is 1. The predicted octanol–water partition coefficient (Wildman–Crippen LogP) is 2.28. The van der Waals surface area contributed by atoms with Crippen molar-refractivity contribution in [3.8, 4) is 0 Å². The Kier molecular flexibility index (Phi) is 5.33. The maximum absolute atomic E-state index is 12.1. The molecule has 1 unspecified atom stereocenters. The van der Waals surface area contributed by atoms with Gasteiger partial charge in [0.25, 0.3) is 0 Å². The van der Waals surface area contributed by atoms with Crippen molar-refractivity contribution in [2.45, 2.75) is 33.1 Å². The molecule has 1 atom stereocenters. The van der Waals surface area contributed by atoms with E-state index in [0.29, 0.717) is 12.3 Å². The van der Waals surface area contributed by atoms with Crippen LogP contribution in [0.5, 0.6) is 0 Å². The van der Waals surface area contributed by atoms with Crippen molar-refractivity contribution >= 4 is 23.2 Å². The third kappa shape index (κ3) is 4.86. The first kappa shape index (κ1) is 15.5. The van der Waals surface area contributed by atoms with Crippen molar-refractivity contribution < 1.29 is 9.59 Å². The van der Waals surface area contributed by atoms with Crippen LogP contribution in [-0.4, -0.2) is 24.9 Å². The second-order valence-corrected chi connectivity index (χ2v) is 5.68. The monoisotopic (exact) mass is 289 g/mol. The second kappa shape index (κ2) is 7.22. The van der Waals surface area contributed by atoms with Gasteiger partial charge in [0.05, 0.1) is 0 Å². The first-order valence-electron chi connectivity index (χ1n) is 7.43. The average Bonchev–Trinajstić information content (AvgIpc) is 2.43. The zero-order valence-corrected chi connectivity index (χ0v) is 12.7. The van der Waals surface area contributed by atoms with Gasteiger partial charge < -0.3 is 16.0 Å². The summed E-state index contributed by atoms with van der Waals surface area (Å²) in [7, 11) is 0. The molecule has 1 saturated heterocycles. The zero-order chi connectivity index (χ0) is 15.2. The zero-order valence-electron chi connectivity index (χ0n) is 12.7. The maximum Gasteiger partial charge on any atom is 0.224 e. The number of carbonyl (C=O) groups excluding carboxylic acids is 2. The molecule has 1 aromatic carbocycles. The molecule has 1 aromatic rings. The molecule has 1 heterocycles. The van der Waals surface area contributed by atoms with Crippen molar-refractivity contribution in [2.24, 2.45) is 5.92 Å². The van der Waals surface area contributed by atoms with Gasteiger partial charge >= 0.3 is 0 Å². The lowest BCUT2D eigenvalue weighted by Crippen LogP contribution is -2.32. The summed E-state index contributed by atoms with van der Waals surface area (Å²) in [4.78, 5) is 23.2. The smallest absolute Gasteiger partial charge is 0.224 e. The van der Waals surface area contributed by atoms with Gasteiger partial charge in [0.2, 0.25) is 11.8 Å². The number of rotatable bonds is 4. The molecular formula is C16H23N3O2. The molecule has 3 N–H and O–H groups in total. The highest BCUT2D eigenvalue weighted by Gasteiger charge is 2.16. The number of anilines is 2. The molecule has 0 spiro atoms. The summed E-state index contributed by atoms with van der Waals surface area (Å²) in [5, 5.41) is 8.99. The normalized spacial score (nSPS) is 18.1. The molecule has 1 fully saturated rings. The summed E-state index contributed by atoms with van der Waals surface area (Å²) in [6, 6.07) is 5.55. The fourth-order valence-corrected chi connectivity index (χ4v) is 2.60. The van der Waals surface area contributed by atoms with E-state index in [1.165, 1.54) is 6.92 Å².